The quantitative estimate of drug-likeness (QED) is 0.351. The number of benzene rings is 1. The van der Waals surface area contributed by atoms with Gasteiger partial charge in [-0.1, -0.05) is 29.4 Å². The van der Waals surface area contributed by atoms with Crippen LogP contribution in [0.2, 0.25) is 0 Å². The van der Waals surface area contributed by atoms with E-state index in [0.29, 0.717) is 18.8 Å². The van der Waals surface area contributed by atoms with E-state index in [-0.39, 0.29) is 11.9 Å². The molecule has 1 saturated carbocycles. The van der Waals surface area contributed by atoms with E-state index >= 15 is 4.39 Å². The molecular weight excluding hydrogens is 425 g/mol. The van der Waals surface area contributed by atoms with Gasteiger partial charge >= 0.3 is 0 Å². The molecule has 0 N–H and O–H groups in total. The molecule has 4 rings (SSSR count). The molecule has 1 aromatic carbocycles. The number of halogens is 1. The summed E-state index contributed by atoms with van der Waals surface area (Å²) in [6.45, 7) is 8.32. The predicted octanol–water partition coefficient (Wildman–Crippen LogP) is 6.95. The lowest BCUT2D eigenvalue weighted by atomic mass is 9.89. The van der Waals surface area contributed by atoms with Gasteiger partial charge in [0.2, 0.25) is 0 Å². The Morgan fingerprint density at radius 2 is 1.91 bits per heavy atom. The fourth-order valence-corrected chi connectivity index (χ4v) is 4.82. The van der Waals surface area contributed by atoms with Gasteiger partial charge in [-0.05, 0) is 88.3 Å². The molecule has 4 nitrogen and oxygen atoms in total. The van der Waals surface area contributed by atoms with Crippen molar-refractivity contribution < 1.29 is 9.13 Å². The molecule has 2 aliphatic heterocycles. The number of rotatable bonds is 5. The number of likely N-dealkylation sites (tertiary alicyclic amines) is 1. The van der Waals surface area contributed by atoms with Crippen LogP contribution in [0.4, 0.5) is 4.39 Å². The molecule has 2 fully saturated rings. The molecule has 1 aromatic rings. The lowest BCUT2D eigenvalue weighted by molar-refractivity contribution is 0.214. The Labute approximate surface area is 203 Å². The summed E-state index contributed by atoms with van der Waals surface area (Å²) in [7, 11) is 0. The minimum Gasteiger partial charge on any atom is -0.489 e. The van der Waals surface area contributed by atoms with Crippen LogP contribution in [0.5, 0.6) is 5.75 Å². The van der Waals surface area contributed by atoms with Crippen LogP contribution in [0, 0.1) is 0 Å². The van der Waals surface area contributed by atoms with Crippen LogP contribution < -0.4 is 4.74 Å². The standard InChI is InChI=1S/C29H36FN3O/c1-4-22-8-10-23(11-9-22)19-25-7-6-17-32-29(28(25)30)33-18-16-27(20-33)34-26-14-12-24(13-15-26)21(3)31-5-2/h4,6,12-15,17,19,27H,5,7-11,16,18,20H2,1-3H3. The van der Waals surface area contributed by atoms with E-state index in [1.54, 1.807) is 6.20 Å². The molecule has 0 spiro atoms. The number of amidine groups is 1. The largest absolute Gasteiger partial charge is 0.489 e. The van der Waals surface area contributed by atoms with Crippen molar-refractivity contribution in [3.8, 4) is 5.75 Å². The molecule has 0 aromatic heterocycles. The third kappa shape index (κ3) is 5.94. The second kappa shape index (κ2) is 11.5. The van der Waals surface area contributed by atoms with Crippen molar-refractivity contribution in [3.05, 3.63) is 76.8 Å². The highest BCUT2D eigenvalue weighted by Crippen LogP contribution is 2.31. The molecule has 0 bridgehead atoms. The fraction of sp³-hybridized carbons (Fsp3) is 0.448. The molecule has 1 saturated heterocycles. The highest BCUT2D eigenvalue weighted by molar-refractivity contribution is 5.99. The van der Waals surface area contributed by atoms with Crippen LogP contribution in [0.1, 0.15) is 64.9 Å². The average Bonchev–Trinajstić information content (AvgIpc) is 3.24. The van der Waals surface area contributed by atoms with Crippen molar-refractivity contribution >= 4 is 11.5 Å². The molecule has 34 heavy (non-hydrogen) atoms. The predicted molar refractivity (Wildman–Crippen MR) is 139 cm³/mol. The summed E-state index contributed by atoms with van der Waals surface area (Å²) < 4.78 is 21.8. The second-order valence-electron chi connectivity index (χ2n) is 9.19. The minimum absolute atomic E-state index is 0.0124. The van der Waals surface area contributed by atoms with Crippen molar-refractivity contribution in [1.82, 2.24) is 4.90 Å². The van der Waals surface area contributed by atoms with E-state index in [2.05, 4.69) is 29.1 Å². The van der Waals surface area contributed by atoms with Crippen LogP contribution in [-0.2, 0) is 0 Å². The summed E-state index contributed by atoms with van der Waals surface area (Å²) in [6.07, 6.45) is 13.7. The van der Waals surface area contributed by atoms with Crippen LogP contribution in [-0.4, -0.2) is 42.2 Å². The Morgan fingerprint density at radius 3 is 2.62 bits per heavy atom. The number of hydrogen-bond donors (Lipinski definition) is 0. The molecular formula is C29H36FN3O. The third-order valence-electron chi connectivity index (χ3n) is 6.85. The van der Waals surface area contributed by atoms with Gasteiger partial charge < -0.3 is 9.64 Å². The number of nitrogens with zero attached hydrogens (tertiary/aromatic N) is 3. The van der Waals surface area contributed by atoms with Gasteiger partial charge in [-0.3, -0.25) is 4.99 Å². The van der Waals surface area contributed by atoms with Gasteiger partial charge in [0.1, 0.15) is 11.9 Å². The topological polar surface area (TPSA) is 37.2 Å². The van der Waals surface area contributed by atoms with Crippen molar-refractivity contribution in [1.29, 1.82) is 0 Å². The Morgan fingerprint density at radius 1 is 1.18 bits per heavy atom. The van der Waals surface area contributed by atoms with Crippen LogP contribution >= 0.6 is 0 Å². The van der Waals surface area contributed by atoms with E-state index in [0.717, 1.165) is 67.8 Å². The Bertz CT molecular complexity index is 1050. The first-order valence-electron chi connectivity index (χ1n) is 12.6. The summed E-state index contributed by atoms with van der Waals surface area (Å²) in [6, 6.07) is 8.08. The summed E-state index contributed by atoms with van der Waals surface area (Å²) in [5, 5.41) is 0. The zero-order chi connectivity index (χ0) is 23.9. The van der Waals surface area contributed by atoms with Crippen molar-refractivity contribution in [3.63, 3.8) is 0 Å². The van der Waals surface area contributed by atoms with E-state index in [4.69, 9.17) is 4.74 Å². The molecule has 3 aliphatic rings. The van der Waals surface area contributed by atoms with Gasteiger partial charge in [-0.25, -0.2) is 9.38 Å². The van der Waals surface area contributed by atoms with Gasteiger partial charge in [-0.2, -0.15) is 0 Å². The van der Waals surface area contributed by atoms with E-state index in [9.17, 15) is 0 Å². The van der Waals surface area contributed by atoms with Gasteiger partial charge in [0.15, 0.2) is 11.7 Å². The van der Waals surface area contributed by atoms with Gasteiger partial charge in [0.05, 0.1) is 6.54 Å². The number of allylic oxidation sites excluding steroid dienone is 6. The minimum atomic E-state index is -0.190. The first-order chi connectivity index (χ1) is 16.6. The van der Waals surface area contributed by atoms with Crippen LogP contribution in [0.3, 0.4) is 0 Å². The number of hydrogen-bond acceptors (Lipinski definition) is 4. The normalized spacial score (nSPS) is 21.5. The maximum atomic E-state index is 15.6. The number of ether oxygens (including phenoxy) is 1. The zero-order valence-corrected chi connectivity index (χ0v) is 20.7. The fourth-order valence-electron chi connectivity index (χ4n) is 4.82. The summed E-state index contributed by atoms with van der Waals surface area (Å²) in [5.41, 5.74) is 5.74. The van der Waals surface area contributed by atoms with E-state index in [1.165, 1.54) is 11.1 Å². The lowest BCUT2D eigenvalue weighted by Crippen LogP contribution is -2.31. The zero-order valence-electron chi connectivity index (χ0n) is 20.7. The lowest BCUT2D eigenvalue weighted by Gasteiger charge is -2.21. The smallest absolute Gasteiger partial charge is 0.169 e. The van der Waals surface area contributed by atoms with Crippen LogP contribution in [0.25, 0.3) is 0 Å². The molecule has 5 heteroatoms. The van der Waals surface area contributed by atoms with Crippen molar-refractivity contribution in [2.75, 3.05) is 19.6 Å². The first kappa shape index (κ1) is 24.2. The highest BCUT2D eigenvalue weighted by atomic mass is 19.1. The molecule has 1 unspecified atom stereocenters. The summed E-state index contributed by atoms with van der Waals surface area (Å²) in [4.78, 5) is 11.0. The van der Waals surface area contributed by atoms with E-state index in [1.807, 2.05) is 49.1 Å². The van der Waals surface area contributed by atoms with Crippen molar-refractivity contribution in [2.45, 2.75) is 65.4 Å². The average molecular weight is 462 g/mol. The second-order valence-corrected chi connectivity index (χ2v) is 9.19. The molecule has 2 heterocycles. The molecule has 0 radical (unpaired) electrons. The molecule has 0 amide bonds. The van der Waals surface area contributed by atoms with Gasteiger partial charge in [0.25, 0.3) is 0 Å². The van der Waals surface area contributed by atoms with E-state index < -0.39 is 0 Å². The Balaban J connectivity index is 1.41. The maximum Gasteiger partial charge on any atom is 0.169 e. The maximum absolute atomic E-state index is 15.6. The SMILES string of the molecule is CC=C1CCC(=CC2=C(F)C(N3CCC(Oc4ccc(C(C)=NCC)cc4)C3)=NC=CC2)CC1. The van der Waals surface area contributed by atoms with Crippen molar-refractivity contribution in [2.24, 2.45) is 9.98 Å². The Kier molecular flexibility index (Phi) is 8.15. The summed E-state index contributed by atoms with van der Waals surface area (Å²) >= 11 is 0. The molecule has 1 atom stereocenters. The summed E-state index contributed by atoms with van der Waals surface area (Å²) in [5.74, 6) is 1.09. The number of aliphatic imine (C=N–C) groups is 2. The van der Waals surface area contributed by atoms with Crippen LogP contribution in [0.15, 0.2) is 81.2 Å². The third-order valence-corrected chi connectivity index (χ3v) is 6.85. The van der Waals surface area contributed by atoms with Gasteiger partial charge in [0, 0.05) is 31.4 Å². The Hall–Kier alpha value is -2.95. The molecule has 1 aliphatic carbocycles. The monoisotopic (exact) mass is 461 g/mol. The molecule has 180 valence electrons. The first-order valence-corrected chi connectivity index (χ1v) is 12.6. The highest BCUT2D eigenvalue weighted by Gasteiger charge is 2.29. The van der Waals surface area contributed by atoms with Gasteiger partial charge in [-0.15, -0.1) is 0 Å².